The fourth-order valence-corrected chi connectivity index (χ4v) is 2.58. The predicted molar refractivity (Wildman–Crippen MR) is 83.0 cm³/mol. The topological polar surface area (TPSA) is 32.3 Å². The van der Waals surface area contributed by atoms with Gasteiger partial charge in [-0.2, -0.15) is 0 Å². The van der Waals surface area contributed by atoms with Gasteiger partial charge in [0.1, 0.15) is 0 Å². The Balaban J connectivity index is 1.98. The Morgan fingerprint density at radius 1 is 1.10 bits per heavy atom. The molecule has 1 aliphatic heterocycles. The number of para-hydroxylation sites is 2. The van der Waals surface area contributed by atoms with E-state index < -0.39 is 0 Å². The molecule has 3 heteroatoms. The second-order valence-corrected chi connectivity index (χ2v) is 5.05. The number of rotatable bonds is 2. The summed E-state index contributed by atoms with van der Waals surface area (Å²) in [5.74, 6) is 0.106. The van der Waals surface area contributed by atoms with E-state index in [0.717, 1.165) is 30.8 Å². The summed E-state index contributed by atoms with van der Waals surface area (Å²) in [5, 5.41) is 3.46. The van der Waals surface area contributed by atoms with Crippen molar-refractivity contribution in [2.24, 2.45) is 0 Å². The number of ketones is 1. The van der Waals surface area contributed by atoms with Crippen LogP contribution < -0.4 is 10.2 Å². The molecule has 0 amide bonds. The summed E-state index contributed by atoms with van der Waals surface area (Å²) >= 11 is 0. The van der Waals surface area contributed by atoms with Crippen LogP contribution in [0.5, 0.6) is 0 Å². The lowest BCUT2D eigenvalue weighted by molar-refractivity contribution is 0.101. The van der Waals surface area contributed by atoms with E-state index in [-0.39, 0.29) is 5.78 Å². The van der Waals surface area contributed by atoms with Crippen molar-refractivity contribution in [2.45, 2.75) is 13.3 Å². The lowest BCUT2D eigenvalue weighted by Gasteiger charge is -2.24. The Morgan fingerprint density at radius 3 is 2.60 bits per heavy atom. The molecule has 3 nitrogen and oxygen atoms in total. The number of benzene rings is 2. The number of Topliss-reactive ketones (excluding diaryl/α,β-unsaturated/α-hetero) is 1. The van der Waals surface area contributed by atoms with Crippen molar-refractivity contribution < 1.29 is 4.79 Å². The average molecular weight is 266 g/mol. The van der Waals surface area contributed by atoms with Crippen molar-refractivity contribution in [3.8, 4) is 0 Å². The SMILES string of the molecule is CC(=O)c1ccc(N2CCCNc3ccccc32)cc1. The van der Waals surface area contributed by atoms with Gasteiger partial charge in [0.2, 0.25) is 0 Å². The molecule has 102 valence electrons. The average Bonchev–Trinajstić information content (AvgIpc) is 2.69. The summed E-state index contributed by atoms with van der Waals surface area (Å²) in [7, 11) is 0. The van der Waals surface area contributed by atoms with Gasteiger partial charge in [-0.05, 0) is 49.7 Å². The molecule has 0 saturated carbocycles. The van der Waals surface area contributed by atoms with Gasteiger partial charge in [-0.1, -0.05) is 12.1 Å². The first kappa shape index (κ1) is 12.7. The molecule has 0 atom stereocenters. The first-order valence-electron chi connectivity index (χ1n) is 6.97. The maximum Gasteiger partial charge on any atom is 0.159 e. The zero-order chi connectivity index (χ0) is 13.9. The second-order valence-electron chi connectivity index (χ2n) is 5.05. The Bertz CT molecular complexity index is 619. The Morgan fingerprint density at radius 2 is 1.85 bits per heavy atom. The van der Waals surface area contributed by atoms with Crippen molar-refractivity contribution in [2.75, 3.05) is 23.3 Å². The van der Waals surface area contributed by atoms with Gasteiger partial charge in [0, 0.05) is 24.3 Å². The lowest BCUT2D eigenvalue weighted by Crippen LogP contribution is -2.17. The number of carbonyl (C=O) groups is 1. The van der Waals surface area contributed by atoms with Crippen LogP contribution in [0.2, 0.25) is 0 Å². The van der Waals surface area contributed by atoms with E-state index in [4.69, 9.17) is 0 Å². The molecular formula is C17H18N2O. The summed E-state index contributed by atoms with van der Waals surface area (Å²) in [6.07, 6.45) is 1.09. The van der Waals surface area contributed by atoms with Crippen LogP contribution in [0.25, 0.3) is 0 Å². The third-order valence-corrected chi connectivity index (χ3v) is 3.65. The number of nitrogens with zero attached hydrogens (tertiary/aromatic N) is 1. The molecule has 0 aliphatic carbocycles. The Kier molecular flexibility index (Phi) is 3.42. The summed E-state index contributed by atoms with van der Waals surface area (Å²) < 4.78 is 0. The highest BCUT2D eigenvalue weighted by Crippen LogP contribution is 2.33. The van der Waals surface area contributed by atoms with E-state index in [1.165, 1.54) is 11.4 Å². The number of carbonyl (C=O) groups excluding carboxylic acids is 1. The molecule has 3 rings (SSSR count). The van der Waals surface area contributed by atoms with E-state index in [0.29, 0.717) is 0 Å². The number of hydrogen-bond acceptors (Lipinski definition) is 3. The van der Waals surface area contributed by atoms with Gasteiger partial charge in [-0.15, -0.1) is 0 Å². The normalized spacial score (nSPS) is 14.2. The standard InChI is InChI=1S/C17H18N2O/c1-13(20)14-7-9-15(10-8-14)19-12-4-11-18-16-5-2-3-6-17(16)19/h2-3,5-10,18H,4,11-12H2,1H3. The number of anilines is 3. The maximum atomic E-state index is 11.4. The molecule has 20 heavy (non-hydrogen) atoms. The van der Waals surface area contributed by atoms with Crippen LogP contribution in [0.4, 0.5) is 17.1 Å². The van der Waals surface area contributed by atoms with Gasteiger partial charge < -0.3 is 10.2 Å². The molecule has 0 aromatic heterocycles. The van der Waals surface area contributed by atoms with Crippen molar-refractivity contribution in [1.29, 1.82) is 0 Å². The molecular weight excluding hydrogens is 248 g/mol. The number of fused-ring (bicyclic) bond motifs is 1. The first-order valence-corrected chi connectivity index (χ1v) is 6.97. The van der Waals surface area contributed by atoms with E-state index in [2.05, 4.69) is 28.4 Å². The molecule has 1 N–H and O–H groups in total. The zero-order valence-electron chi connectivity index (χ0n) is 11.6. The largest absolute Gasteiger partial charge is 0.383 e. The van der Waals surface area contributed by atoms with Crippen LogP contribution in [0, 0.1) is 0 Å². The van der Waals surface area contributed by atoms with Gasteiger partial charge in [0.05, 0.1) is 11.4 Å². The zero-order valence-corrected chi connectivity index (χ0v) is 11.6. The number of nitrogens with one attached hydrogen (secondary N) is 1. The highest BCUT2D eigenvalue weighted by molar-refractivity contribution is 5.94. The molecule has 0 unspecified atom stereocenters. The van der Waals surface area contributed by atoms with Crippen LogP contribution >= 0.6 is 0 Å². The van der Waals surface area contributed by atoms with E-state index in [1.54, 1.807) is 6.92 Å². The van der Waals surface area contributed by atoms with E-state index in [9.17, 15) is 4.79 Å². The van der Waals surface area contributed by atoms with Crippen LogP contribution in [-0.4, -0.2) is 18.9 Å². The first-order chi connectivity index (χ1) is 9.75. The second kappa shape index (κ2) is 5.37. The summed E-state index contributed by atoms with van der Waals surface area (Å²) in [6.45, 7) is 3.56. The molecule has 0 bridgehead atoms. The fourth-order valence-electron chi connectivity index (χ4n) is 2.58. The molecule has 1 heterocycles. The van der Waals surface area contributed by atoms with Crippen molar-refractivity contribution in [1.82, 2.24) is 0 Å². The van der Waals surface area contributed by atoms with Gasteiger partial charge in [0.15, 0.2) is 5.78 Å². The van der Waals surface area contributed by atoms with Crippen LogP contribution in [-0.2, 0) is 0 Å². The molecule has 0 radical (unpaired) electrons. The van der Waals surface area contributed by atoms with Crippen LogP contribution in [0.1, 0.15) is 23.7 Å². The van der Waals surface area contributed by atoms with Crippen molar-refractivity contribution >= 4 is 22.8 Å². The Labute approximate surface area is 119 Å². The van der Waals surface area contributed by atoms with E-state index >= 15 is 0 Å². The van der Waals surface area contributed by atoms with Gasteiger partial charge in [-0.3, -0.25) is 4.79 Å². The highest BCUT2D eigenvalue weighted by Gasteiger charge is 2.16. The number of hydrogen-bond donors (Lipinski definition) is 1. The highest BCUT2D eigenvalue weighted by atomic mass is 16.1. The fraction of sp³-hybridized carbons (Fsp3) is 0.235. The minimum absolute atomic E-state index is 0.106. The van der Waals surface area contributed by atoms with Crippen molar-refractivity contribution in [3.05, 3.63) is 54.1 Å². The third-order valence-electron chi connectivity index (χ3n) is 3.65. The third kappa shape index (κ3) is 2.39. The van der Waals surface area contributed by atoms with E-state index in [1.807, 2.05) is 30.3 Å². The minimum atomic E-state index is 0.106. The minimum Gasteiger partial charge on any atom is -0.383 e. The van der Waals surface area contributed by atoms with Crippen molar-refractivity contribution in [3.63, 3.8) is 0 Å². The van der Waals surface area contributed by atoms with Gasteiger partial charge in [-0.25, -0.2) is 0 Å². The molecule has 2 aromatic rings. The smallest absolute Gasteiger partial charge is 0.159 e. The molecule has 0 fully saturated rings. The maximum absolute atomic E-state index is 11.4. The molecule has 1 aliphatic rings. The summed E-state index contributed by atoms with van der Waals surface area (Å²) in [5.41, 5.74) is 4.25. The molecule has 2 aromatic carbocycles. The van der Waals surface area contributed by atoms with Crippen LogP contribution in [0.15, 0.2) is 48.5 Å². The predicted octanol–water partition coefficient (Wildman–Crippen LogP) is 3.84. The van der Waals surface area contributed by atoms with Gasteiger partial charge >= 0.3 is 0 Å². The Hall–Kier alpha value is -2.29. The molecule has 0 saturated heterocycles. The molecule has 0 spiro atoms. The van der Waals surface area contributed by atoms with Gasteiger partial charge in [0.25, 0.3) is 0 Å². The summed E-state index contributed by atoms with van der Waals surface area (Å²) in [4.78, 5) is 13.7. The monoisotopic (exact) mass is 266 g/mol. The summed E-state index contributed by atoms with van der Waals surface area (Å²) in [6, 6.07) is 16.2. The quantitative estimate of drug-likeness (QED) is 0.838. The van der Waals surface area contributed by atoms with Crippen LogP contribution in [0.3, 0.4) is 0 Å². The lowest BCUT2D eigenvalue weighted by atomic mass is 10.1.